The van der Waals surface area contributed by atoms with Gasteiger partial charge in [0.15, 0.2) is 0 Å². The zero-order valence-corrected chi connectivity index (χ0v) is 21.7. The molecule has 5 aromatic rings. The molecule has 0 amide bonds. The second kappa shape index (κ2) is 9.14. The molecule has 186 valence electrons. The quantitative estimate of drug-likeness (QED) is 0.303. The first-order chi connectivity index (χ1) is 17.8. The number of aryl methyl sites for hydroxylation is 1. The molecule has 8 heteroatoms. The number of rotatable bonds is 6. The third kappa shape index (κ3) is 4.25. The fourth-order valence-corrected chi connectivity index (χ4v) is 5.29. The molecule has 37 heavy (non-hydrogen) atoms. The van der Waals surface area contributed by atoms with Gasteiger partial charge in [0.25, 0.3) is 5.56 Å². The molecule has 1 aliphatic rings. The molecule has 2 N–H and O–H groups in total. The van der Waals surface area contributed by atoms with Crippen LogP contribution >= 0.6 is 23.2 Å². The Labute approximate surface area is 224 Å². The Balaban J connectivity index is 1.65. The first-order valence-electron chi connectivity index (χ1n) is 12.2. The predicted molar refractivity (Wildman–Crippen MR) is 148 cm³/mol. The highest BCUT2D eigenvalue weighted by atomic mass is 35.5. The first kappa shape index (κ1) is 23.9. The van der Waals surface area contributed by atoms with Crippen LogP contribution < -0.4 is 11.3 Å². The average Bonchev–Trinajstić information content (AvgIpc) is 3.62. The van der Waals surface area contributed by atoms with E-state index in [1.807, 2.05) is 76.8 Å². The normalized spacial score (nSPS) is 15.1. The maximum atomic E-state index is 13.3. The van der Waals surface area contributed by atoms with Crippen molar-refractivity contribution in [2.24, 2.45) is 18.7 Å². The third-order valence-electron chi connectivity index (χ3n) is 7.15. The van der Waals surface area contributed by atoms with Crippen molar-refractivity contribution in [2.45, 2.75) is 24.9 Å². The lowest BCUT2D eigenvalue weighted by atomic mass is 9.84. The van der Waals surface area contributed by atoms with E-state index in [-0.39, 0.29) is 5.56 Å². The van der Waals surface area contributed by atoms with Crippen LogP contribution in [0.15, 0.2) is 84.0 Å². The van der Waals surface area contributed by atoms with E-state index in [1.165, 1.54) is 0 Å². The van der Waals surface area contributed by atoms with Gasteiger partial charge in [-0.1, -0.05) is 47.5 Å². The molecular weight excluding hydrogens is 505 g/mol. The Hall–Kier alpha value is -3.45. The van der Waals surface area contributed by atoms with Crippen LogP contribution in [0.4, 0.5) is 0 Å². The molecule has 3 aromatic heterocycles. The molecule has 0 radical (unpaired) electrons. The third-order valence-corrected chi connectivity index (χ3v) is 7.64. The Bertz CT molecular complexity index is 1690. The van der Waals surface area contributed by atoms with Gasteiger partial charge >= 0.3 is 0 Å². The molecule has 2 aromatic carbocycles. The van der Waals surface area contributed by atoms with Crippen molar-refractivity contribution in [3.8, 4) is 11.1 Å². The molecule has 1 atom stereocenters. The standard InChI is InChI=1S/C29H25Cl2N5O/c1-35-17-33-15-26(35)29(32,20-7-9-21(30)10-8-20)25-12-11-24-28(34-25)23(19-3-2-4-22(31)13-19)14-27(37)36(24)16-18-5-6-18/h2-4,7-15,17-18H,5-6,16,32H2,1H3. The Morgan fingerprint density at radius 2 is 1.81 bits per heavy atom. The van der Waals surface area contributed by atoms with E-state index in [1.54, 1.807) is 18.6 Å². The number of benzene rings is 2. The second-order valence-electron chi connectivity index (χ2n) is 9.73. The van der Waals surface area contributed by atoms with Gasteiger partial charge in [0.05, 0.1) is 34.9 Å². The van der Waals surface area contributed by atoms with Crippen LogP contribution in [-0.2, 0) is 19.1 Å². The topological polar surface area (TPSA) is 78.7 Å². The van der Waals surface area contributed by atoms with Gasteiger partial charge in [0.2, 0.25) is 0 Å². The molecule has 6 rings (SSSR count). The summed E-state index contributed by atoms with van der Waals surface area (Å²) in [5.74, 6) is 0.523. The summed E-state index contributed by atoms with van der Waals surface area (Å²) >= 11 is 12.5. The molecule has 1 saturated carbocycles. The second-order valence-corrected chi connectivity index (χ2v) is 10.6. The molecule has 1 unspecified atom stereocenters. The molecular formula is C29H25Cl2N5O. The van der Waals surface area contributed by atoms with Crippen molar-refractivity contribution >= 4 is 34.2 Å². The molecule has 0 bridgehead atoms. The van der Waals surface area contributed by atoms with Crippen LogP contribution in [0.2, 0.25) is 10.0 Å². The number of nitrogens with zero attached hydrogens (tertiary/aromatic N) is 4. The maximum absolute atomic E-state index is 13.3. The highest BCUT2D eigenvalue weighted by Crippen LogP contribution is 2.37. The van der Waals surface area contributed by atoms with Crippen molar-refractivity contribution in [3.05, 3.63) is 117 Å². The number of pyridine rings is 2. The van der Waals surface area contributed by atoms with Crippen molar-refractivity contribution in [3.63, 3.8) is 0 Å². The molecule has 6 nitrogen and oxygen atoms in total. The Morgan fingerprint density at radius 3 is 2.49 bits per heavy atom. The van der Waals surface area contributed by atoms with Crippen molar-refractivity contribution in [1.29, 1.82) is 0 Å². The van der Waals surface area contributed by atoms with E-state index >= 15 is 0 Å². The monoisotopic (exact) mass is 529 g/mol. The van der Waals surface area contributed by atoms with Crippen molar-refractivity contribution in [1.82, 2.24) is 19.1 Å². The highest BCUT2D eigenvalue weighted by Gasteiger charge is 2.37. The maximum Gasteiger partial charge on any atom is 0.251 e. The van der Waals surface area contributed by atoms with Gasteiger partial charge in [-0.3, -0.25) is 4.79 Å². The van der Waals surface area contributed by atoms with E-state index < -0.39 is 5.54 Å². The van der Waals surface area contributed by atoms with Crippen LogP contribution in [-0.4, -0.2) is 19.1 Å². The lowest BCUT2D eigenvalue weighted by Gasteiger charge is -2.30. The lowest BCUT2D eigenvalue weighted by Crippen LogP contribution is -2.41. The van der Waals surface area contributed by atoms with Crippen LogP contribution in [0, 0.1) is 5.92 Å². The molecule has 1 aliphatic carbocycles. The van der Waals surface area contributed by atoms with E-state index in [0.29, 0.717) is 33.7 Å². The predicted octanol–water partition coefficient (Wildman–Crippen LogP) is 5.76. The van der Waals surface area contributed by atoms with E-state index in [0.717, 1.165) is 40.7 Å². The summed E-state index contributed by atoms with van der Waals surface area (Å²) in [6, 6.07) is 20.5. The van der Waals surface area contributed by atoms with E-state index in [4.69, 9.17) is 33.9 Å². The minimum atomic E-state index is -1.12. The van der Waals surface area contributed by atoms with Gasteiger partial charge in [-0.05, 0) is 66.3 Å². The molecule has 3 heterocycles. The fourth-order valence-electron chi connectivity index (χ4n) is 4.98. The summed E-state index contributed by atoms with van der Waals surface area (Å²) in [6.07, 6.45) is 5.75. The minimum absolute atomic E-state index is 0.0488. The van der Waals surface area contributed by atoms with Crippen molar-refractivity contribution < 1.29 is 0 Å². The highest BCUT2D eigenvalue weighted by molar-refractivity contribution is 6.31. The number of hydrogen-bond donors (Lipinski definition) is 1. The number of halogens is 2. The van der Waals surface area contributed by atoms with E-state index in [2.05, 4.69) is 4.98 Å². The minimum Gasteiger partial charge on any atom is -0.335 e. The SMILES string of the molecule is Cn1cncc1C(N)(c1ccc(Cl)cc1)c1ccc2c(n1)c(-c1cccc(Cl)c1)cc(=O)n2CC1CC1. The number of hydrogen-bond acceptors (Lipinski definition) is 4. The van der Waals surface area contributed by atoms with Crippen LogP contribution in [0.3, 0.4) is 0 Å². The average molecular weight is 530 g/mol. The fraction of sp³-hybridized carbons (Fsp3) is 0.207. The Morgan fingerprint density at radius 1 is 1.03 bits per heavy atom. The van der Waals surface area contributed by atoms with E-state index in [9.17, 15) is 4.79 Å². The summed E-state index contributed by atoms with van der Waals surface area (Å²) in [4.78, 5) is 22.8. The largest absolute Gasteiger partial charge is 0.335 e. The van der Waals surface area contributed by atoms with Crippen molar-refractivity contribution in [2.75, 3.05) is 0 Å². The lowest BCUT2D eigenvalue weighted by molar-refractivity contribution is 0.579. The number of imidazole rings is 1. The smallest absolute Gasteiger partial charge is 0.251 e. The van der Waals surface area contributed by atoms with Gasteiger partial charge in [-0.2, -0.15) is 0 Å². The van der Waals surface area contributed by atoms with Crippen LogP contribution in [0.1, 0.15) is 29.8 Å². The first-order valence-corrected chi connectivity index (χ1v) is 12.9. The summed E-state index contributed by atoms with van der Waals surface area (Å²) in [5, 5.41) is 1.21. The summed E-state index contributed by atoms with van der Waals surface area (Å²) < 4.78 is 3.73. The van der Waals surface area contributed by atoms with Gasteiger partial charge in [0, 0.05) is 35.3 Å². The zero-order chi connectivity index (χ0) is 25.7. The molecule has 0 saturated heterocycles. The summed E-state index contributed by atoms with van der Waals surface area (Å²) in [6.45, 7) is 0.679. The van der Waals surface area contributed by atoms with Crippen LogP contribution in [0.25, 0.3) is 22.2 Å². The zero-order valence-electron chi connectivity index (χ0n) is 20.2. The Kier molecular flexibility index (Phi) is 5.91. The summed E-state index contributed by atoms with van der Waals surface area (Å²) in [5.41, 5.74) is 11.4. The van der Waals surface area contributed by atoms with Crippen LogP contribution in [0.5, 0.6) is 0 Å². The van der Waals surface area contributed by atoms with Gasteiger partial charge < -0.3 is 14.9 Å². The van der Waals surface area contributed by atoms with Gasteiger partial charge in [-0.15, -0.1) is 0 Å². The number of aromatic nitrogens is 4. The van der Waals surface area contributed by atoms with Gasteiger partial charge in [0.1, 0.15) is 5.54 Å². The van der Waals surface area contributed by atoms with Gasteiger partial charge in [-0.25, -0.2) is 9.97 Å². The molecule has 0 aliphatic heterocycles. The summed E-state index contributed by atoms with van der Waals surface area (Å²) in [7, 11) is 1.91. The molecule has 1 fully saturated rings. The molecule has 0 spiro atoms. The number of fused-ring (bicyclic) bond motifs is 1. The number of nitrogens with two attached hydrogens (primary N) is 1.